The molecule has 0 aliphatic carbocycles. The lowest BCUT2D eigenvalue weighted by atomic mass is 10.1. The maximum Gasteiger partial charge on any atom is 0.416 e. The van der Waals surface area contributed by atoms with Crippen LogP contribution in [0.15, 0.2) is 24.4 Å². The van der Waals surface area contributed by atoms with E-state index in [1.54, 1.807) is 4.68 Å². The number of alkyl halides is 3. The molecule has 2 N–H and O–H groups in total. The molecule has 0 unspecified atom stereocenters. The molecule has 3 rings (SSSR count). The molecular formula is C15H16ClF4N5O. The standard InChI is InChI=1S/C15H15F4N5O.ClH/c16-11-2-1-9(15(17,18)19)7-12(11)21-14(25)13-8-24(23-22-13)10-3-5-20-6-4-10;/h1-2,7-8,10,20H,3-6H2,(H,21,25);1H. The minimum Gasteiger partial charge on any atom is -0.318 e. The van der Waals surface area contributed by atoms with Crippen LogP contribution in [0.25, 0.3) is 0 Å². The summed E-state index contributed by atoms with van der Waals surface area (Å²) in [5.41, 5.74) is -1.70. The average Bonchev–Trinajstić information content (AvgIpc) is 3.07. The number of carbonyl (C=O) groups is 1. The molecule has 0 spiro atoms. The Morgan fingerprint density at radius 3 is 2.62 bits per heavy atom. The number of hydrogen-bond acceptors (Lipinski definition) is 4. The molecule has 1 aliphatic rings. The lowest BCUT2D eigenvalue weighted by Gasteiger charge is -2.22. The van der Waals surface area contributed by atoms with Gasteiger partial charge in [0.05, 0.1) is 23.5 Å². The van der Waals surface area contributed by atoms with Crippen LogP contribution in [0, 0.1) is 5.82 Å². The number of halogens is 5. The molecule has 6 nitrogen and oxygen atoms in total. The summed E-state index contributed by atoms with van der Waals surface area (Å²) in [6, 6.07) is 1.91. The van der Waals surface area contributed by atoms with Gasteiger partial charge in [0.1, 0.15) is 5.82 Å². The van der Waals surface area contributed by atoms with Gasteiger partial charge < -0.3 is 10.6 Å². The number of anilines is 1. The molecule has 0 saturated carbocycles. The number of nitrogens with one attached hydrogen (secondary N) is 2. The highest BCUT2D eigenvalue weighted by molar-refractivity contribution is 6.02. The maximum absolute atomic E-state index is 13.7. The van der Waals surface area contributed by atoms with Crippen molar-refractivity contribution in [2.45, 2.75) is 25.1 Å². The lowest BCUT2D eigenvalue weighted by molar-refractivity contribution is -0.137. The summed E-state index contributed by atoms with van der Waals surface area (Å²) in [4.78, 5) is 12.1. The Kier molecular flexibility index (Phi) is 6.19. The number of hydrogen-bond donors (Lipinski definition) is 2. The van der Waals surface area contributed by atoms with Gasteiger partial charge in [-0.3, -0.25) is 4.79 Å². The van der Waals surface area contributed by atoms with Crippen LogP contribution in [0.3, 0.4) is 0 Å². The van der Waals surface area contributed by atoms with E-state index in [0.29, 0.717) is 18.2 Å². The van der Waals surface area contributed by atoms with Gasteiger partial charge in [-0.2, -0.15) is 13.2 Å². The normalized spacial score (nSPS) is 15.4. The number of amides is 1. The zero-order chi connectivity index (χ0) is 18.0. The molecule has 26 heavy (non-hydrogen) atoms. The van der Waals surface area contributed by atoms with Crippen molar-refractivity contribution in [2.75, 3.05) is 18.4 Å². The van der Waals surface area contributed by atoms with Crippen molar-refractivity contribution in [2.24, 2.45) is 0 Å². The van der Waals surface area contributed by atoms with E-state index in [1.165, 1.54) is 6.20 Å². The van der Waals surface area contributed by atoms with E-state index in [9.17, 15) is 22.4 Å². The summed E-state index contributed by atoms with van der Waals surface area (Å²) in [7, 11) is 0. The quantitative estimate of drug-likeness (QED) is 0.786. The fourth-order valence-corrected chi connectivity index (χ4v) is 2.61. The molecule has 1 amide bonds. The Morgan fingerprint density at radius 1 is 1.27 bits per heavy atom. The molecule has 142 valence electrons. The number of nitrogens with zero attached hydrogens (tertiary/aromatic N) is 3. The Morgan fingerprint density at radius 2 is 1.96 bits per heavy atom. The van der Waals surface area contributed by atoms with Gasteiger partial charge in [-0.05, 0) is 44.1 Å². The number of carbonyl (C=O) groups excluding carboxylic acids is 1. The predicted molar refractivity (Wildman–Crippen MR) is 87.8 cm³/mol. The monoisotopic (exact) mass is 393 g/mol. The van der Waals surface area contributed by atoms with E-state index in [2.05, 4.69) is 20.9 Å². The fourth-order valence-electron chi connectivity index (χ4n) is 2.61. The summed E-state index contributed by atoms with van der Waals surface area (Å²) in [6.07, 6.45) is -1.57. The molecule has 2 aromatic rings. The Labute approximate surface area is 152 Å². The molecule has 1 saturated heterocycles. The Bertz CT molecular complexity index is 774. The third-order valence-corrected chi connectivity index (χ3v) is 3.97. The van der Waals surface area contributed by atoms with Gasteiger partial charge in [-0.1, -0.05) is 5.21 Å². The summed E-state index contributed by atoms with van der Waals surface area (Å²) in [6.45, 7) is 1.64. The predicted octanol–water partition coefficient (Wildman–Crippen LogP) is 3.03. The summed E-state index contributed by atoms with van der Waals surface area (Å²) in [5, 5.41) is 12.9. The second-order valence-corrected chi connectivity index (χ2v) is 5.71. The summed E-state index contributed by atoms with van der Waals surface area (Å²) < 4.78 is 53.4. The van der Waals surface area contributed by atoms with Crippen molar-refractivity contribution in [1.29, 1.82) is 0 Å². The first-order chi connectivity index (χ1) is 11.8. The largest absolute Gasteiger partial charge is 0.416 e. The molecule has 1 fully saturated rings. The first-order valence-electron chi connectivity index (χ1n) is 7.65. The second-order valence-electron chi connectivity index (χ2n) is 5.71. The van der Waals surface area contributed by atoms with Crippen molar-refractivity contribution >= 4 is 24.0 Å². The van der Waals surface area contributed by atoms with Gasteiger partial charge in [-0.25, -0.2) is 9.07 Å². The highest BCUT2D eigenvalue weighted by atomic mass is 35.5. The van der Waals surface area contributed by atoms with Gasteiger partial charge in [0.2, 0.25) is 0 Å². The first kappa shape index (κ1) is 20.1. The SMILES string of the molecule is Cl.O=C(Nc1cc(C(F)(F)F)ccc1F)c1cn(C2CCNCC2)nn1. The summed E-state index contributed by atoms with van der Waals surface area (Å²) in [5.74, 6) is -1.79. The van der Waals surface area contributed by atoms with E-state index < -0.39 is 29.2 Å². The zero-order valence-corrected chi connectivity index (χ0v) is 14.2. The first-order valence-corrected chi connectivity index (χ1v) is 7.65. The third kappa shape index (κ3) is 4.50. The van der Waals surface area contributed by atoms with Crippen molar-refractivity contribution in [3.05, 3.63) is 41.5 Å². The van der Waals surface area contributed by atoms with E-state index in [0.717, 1.165) is 25.9 Å². The van der Waals surface area contributed by atoms with Crippen LogP contribution >= 0.6 is 12.4 Å². The molecular weight excluding hydrogens is 378 g/mol. The number of benzene rings is 1. The number of aromatic nitrogens is 3. The van der Waals surface area contributed by atoms with Crippen molar-refractivity contribution in [3.63, 3.8) is 0 Å². The smallest absolute Gasteiger partial charge is 0.318 e. The molecule has 2 heterocycles. The highest BCUT2D eigenvalue weighted by Gasteiger charge is 2.31. The van der Waals surface area contributed by atoms with Crippen molar-refractivity contribution < 1.29 is 22.4 Å². The van der Waals surface area contributed by atoms with Crippen molar-refractivity contribution in [1.82, 2.24) is 20.3 Å². The van der Waals surface area contributed by atoms with E-state index in [-0.39, 0.29) is 24.1 Å². The molecule has 1 aromatic carbocycles. The Hall–Kier alpha value is -2.20. The summed E-state index contributed by atoms with van der Waals surface area (Å²) >= 11 is 0. The van der Waals surface area contributed by atoms with Crippen LogP contribution in [0.2, 0.25) is 0 Å². The lowest BCUT2D eigenvalue weighted by Crippen LogP contribution is -2.29. The van der Waals surface area contributed by atoms with Gasteiger partial charge in [0.15, 0.2) is 5.69 Å². The van der Waals surface area contributed by atoms with Crippen molar-refractivity contribution in [3.8, 4) is 0 Å². The second kappa shape index (κ2) is 8.00. The van der Waals surface area contributed by atoms with Crippen LogP contribution in [-0.4, -0.2) is 34.0 Å². The average molecular weight is 394 g/mol. The van der Waals surface area contributed by atoms with Gasteiger partial charge in [0, 0.05) is 0 Å². The van der Waals surface area contributed by atoms with Crippen LogP contribution in [0.1, 0.15) is 34.9 Å². The minimum absolute atomic E-state index is 0. The van der Waals surface area contributed by atoms with Crippen LogP contribution in [0.4, 0.5) is 23.2 Å². The number of piperidine rings is 1. The molecule has 0 bridgehead atoms. The minimum atomic E-state index is -4.63. The van der Waals surface area contributed by atoms with E-state index in [1.807, 2.05) is 0 Å². The fraction of sp³-hybridized carbons (Fsp3) is 0.400. The third-order valence-electron chi connectivity index (χ3n) is 3.97. The van der Waals surface area contributed by atoms with Crippen LogP contribution < -0.4 is 10.6 Å². The van der Waals surface area contributed by atoms with Gasteiger partial charge in [-0.15, -0.1) is 17.5 Å². The molecule has 0 radical (unpaired) electrons. The van der Waals surface area contributed by atoms with Crippen LogP contribution in [0.5, 0.6) is 0 Å². The molecule has 1 aliphatic heterocycles. The van der Waals surface area contributed by atoms with Crippen LogP contribution in [-0.2, 0) is 6.18 Å². The van der Waals surface area contributed by atoms with E-state index >= 15 is 0 Å². The molecule has 0 atom stereocenters. The molecule has 11 heteroatoms. The zero-order valence-electron chi connectivity index (χ0n) is 13.4. The Balaban J connectivity index is 0.00000243. The highest BCUT2D eigenvalue weighted by Crippen LogP contribution is 2.31. The van der Waals surface area contributed by atoms with Gasteiger partial charge in [0.25, 0.3) is 5.91 Å². The number of rotatable bonds is 3. The van der Waals surface area contributed by atoms with Gasteiger partial charge >= 0.3 is 6.18 Å². The van der Waals surface area contributed by atoms with E-state index in [4.69, 9.17) is 0 Å². The maximum atomic E-state index is 13.7. The molecule has 1 aromatic heterocycles. The topological polar surface area (TPSA) is 71.8 Å².